The molecule has 0 aliphatic rings. The van der Waals surface area contributed by atoms with Crippen LogP contribution in [0, 0.1) is 0 Å². The van der Waals surface area contributed by atoms with E-state index < -0.39 is 22.5 Å². The lowest BCUT2D eigenvalue weighted by Crippen LogP contribution is -2.46. The molecule has 2 nitrogen and oxygen atoms in total. The number of hydrogen-bond acceptors (Lipinski definition) is 2. The van der Waals surface area contributed by atoms with E-state index in [0.29, 0.717) is 24.7 Å². The number of allylic oxidation sites excluding steroid dienone is 1. The van der Waals surface area contributed by atoms with Crippen molar-refractivity contribution in [2.75, 3.05) is 0 Å². The Morgan fingerprint density at radius 1 is 0.840 bits per heavy atom. The molecule has 6 heteroatoms. The lowest BCUT2D eigenvalue weighted by atomic mass is 10.2. The van der Waals surface area contributed by atoms with Gasteiger partial charge in [0.2, 0.25) is 8.32 Å². The molecule has 0 saturated heterocycles. The summed E-state index contributed by atoms with van der Waals surface area (Å²) < 4.78 is 32.3. The largest absolute Gasteiger partial charge is 0.543 e. The van der Waals surface area contributed by atoms with E-state index in [1.165, 1.54) is 0 Å². The molecule has 0 bridgehead atoms. The Morgan fingerprint density at radius 2 is 1.28 bits per heavy atom. The second kappa shape index (κ2) is 8.46. The van der Waals surface area contributed by atoms with Gasteiger partial charge in [-0.15, -0.1) is 0 Å². The Kier molecular flexibility index (Phi) is 8.29. The predicted octanol–water partition coefficient (Wildman–Crippen LogP) is 7.29. The number of rotatable bonds is 8. The molecule has 0 aliphatic carbocycles. The van der Waals surface area contributed by atoms with E-state index in [9.17, 15) is 13.6 Å². The first-order valence-corrected chi connectivity index (χ1v) is 15.1. The maximum atomic E-state index is 13.3. The van der Waals surface area contributed by atoms with Crippen LogP contribution in [0.5, 0.6) is 0 Å². The van der Waals surface area contributed by atoms with E-state index in [4.69, 9.17) is 4.43 Å². The lowest BCUT2D eigenvalue weighted by Gasteiger charge is -2.37. The van der Waals surface area contributed by atoms with Crippen LogP contribution in [0.1, 0.15) is 67.2 Å². The maximum Gasteiger partial charge on any atom is 0.306 e. The smallest absolute Gasteiger partial charge is 0.306 e. The van der Waals surface area contributed by atoms with Gasteiger partial charge in [-0.1, -0.05) is 54.6 Å². The molecule has 0 aromatic carbocycles. The number of carbonyl (C=O) groups is 1. The third kappa shape index (κ3) is 6.96. The van der Waals surface area contributed by atoms with Crippen LogP contribution in [0.4, 0.5) is 8.78 Å². The lowest BCUT2D eigenvalue weighted by molar-refractivity contribution is -0.113. The van der Waals surface area contributed by atoms with Crippen LogP contribution in [-0.2, 0) is 9.22 Å². The SMILES string of the molecule is CC(C)(C)[Si](C)(C)OC(CCCCC(=O)[Si](C)(C)C(C)(C)C)=C(F)F. The molecule has 0 saturated carbocycles. The first-order chi connectivity index (χ1) is 10.9. The summed E-state index contributed by atoms with van der Waals surface area (Å²) in [7, 11) is -4.26. The summed E-state index contributed by atoms with van der Waals surface area (Å²) in [5, 5.41) is 0.231. The van der Waals surface area contributed by atoms with Gasteiger partial charge in [0.05, 0.1) is 0 Å². The highest BCUT2D eigenvalue weighted by molar-refractivity contribution is 7.06. The molecule has 0 radical (unpaired) electrons. The van der Waals surface area contributed by atoms with Crippen molar-refractivity contribution in [2.24, 2.45) is 0 Å². The predicted molar refractivity (Wildman–Crippen MR) is 108 cm³/mol. The van der Waals surface area contributed by atoms with Crippen molar-refractivity contribution in [3.63, 3.8) is 0 Å². The number of hydrogen-bond donors (Lipinski definition) is 0. The fourth-order valence-corrected chi connectivity index (χ4v) is 4.69. The summed E-state index contributed by atoms with van der Waals surface area (Å²) in [6, 6.07) is 0. The topological polar surface area (TPSA) is 26.3 Å². The average Bonchev–Trinajstić information content (AvgIpc) is 2.38. The standard InChI is InChI=1S/C19H38F2O2Si2/c1-18(2,3)24(7,8)16(22)14-12-11-13-15(17(20)21)23-25(9,10)19(4,5)6/h11-14H2,1-10H3. The van der Waals surface area contributed by atoms with Crippen LogP contribution < -0.4 is 0 Å². The van der Waals surface area contributed by atoms with Gasteiger partial charge in [-0.2, -0.15) is 8.78 Å². The van der Waals surface area contributed by atoms with E-state index >= 15 is 0 Å². The van der Waals surface area contributed by atoms with Gasteiger partial charge in [0.25, 0.3) is 0 Å². The van der Waals surface area contributed by atoms with E-state index in [2.05, 4.69) is 33.9 Å². The Balaban J connectivity index is 4.70. The summed E-state index contributed by atoms with van der Waals surface area (Å²) in [6.07, 6.45) is 0.169. The molecule has 0 amide bonds. The summed E-state index contributed by atoms with van der Waals surface area (Å²) in [6.45, 7) is 20.6. The van der Waals surface area contributed by atoms with E-state index in [-0.39, 0.29) is 22.3 Å². The molecule has 0 atom stereocenters. The number of carbonyl (C=O) groups excluding carboxylic acids is 1. The Labute approximate surface area is 155 Å². The van der Waals surface area contributed by atoms with Crippen LogP contribution in [0.3, 0.4) is 0 Å². The molecule has 0 heterocycles. The highest BCUT2D eigenvalue weighted by atomic mass is 28.4. The molecule has 0 unspecified atom stereocenters. The van der Waals surface area contributed by atoms with Crippen molar-refractivity contribution in [1.29, 1.82) is 0 Å². The van der Waals surface area contributed by atoms with Crippen molar-refractivity contribution in [3.05, 3.63) is 11.8 Å². The van der Waals surface area contributed by atoms with Crippen LogP contribution in [0.15, 0.2) is 11.8 Å². The second-order valence-electron chi connectivity index (χ2n) is 10.1. The molecule has 148 valence electrons. The summed E-state index contributed by atoms with van der Waals surface area (Å²) in [5.41, 5.74) is 0. The molecular weight excluding hydrogens is 354 g/mol. The quantitative estimate of drug-likeness (QED) is 0.246. The van der Waals surface area contributed by atoms with Gasteiger partial charge in [0, 0.05) is 12.8 Å². The summed E-state index contributed by atoms with van der Waals surface area (Å²) in [5.74, 6) is -0.175. The number of halogens is 2. The minimum absolute atomic E-state index is 0.0195. The maximum absolute atomic E-state index is 13.3. The average molecular weight is 393 g/mol. The Bertz CT molecular complexity index is 495. The van der Waals surface area contributed by atoms with Crippen molar-refractivity contribution in [1.82, 2.24) is 0 Å². The fraction of sp³-hybridized carbons (Fsp3) is 0.842. The number of unbranched alkanes of at least 4 members (excludes halogenated alkanes) is 1. The van der Waals surface area contributed by atoms with Crippen LogP contribution >= 0.6 is 0 Å². The highest BCUT2D eigenvalue weighted by Gasteiger charge is 2.42. The van der Waals surface area contributed by atoms with E-state index in [1.807, 2.05) is 33.9 Å². The zero-order valence-corrected chi connectivity index (χ0v) is 19.9. The molecule has 0 aromatic heterocycles. The van der Waals surface area contributed by atoms with Gasteiger partial charge in [-0.25, -0.2) is 0 Å². The monoisotopic (exact) mass is 392 g/mol. The van der Waals surface area contributed by atoms with Gasteiger partial charge < -0.3 is 9.22 Å². The molecular formula is C19H38F2O2Si2. The highest BCUT2D eigenvalue weighted by Crippen LogP contribution is 2.40. The first kappa shape index (κ1) is 24.5. The third-order valence-electron chi connectivity index (χ3n) is 6.03. The Morgan fingerprint density at radius 3 is 1.64 bits per heavy atom. The van der Waals surface area contributed by atoms with Crippen molar-refractivity contribution in [2.45, 2.75) is 103 Å². The first-order valence-electron chi connectivity index (χ1n) is 9.20. The molecule has 0 aliphatic heterocycles. The molecule has 0 rings (SSSR count). The zero-order chi connectivity index (χ0) is 20.3. The summed E-state index contributed by atoms with van der Waals surface area (Å²) >= 11 is 0. The summed E-state index contributed by atoms with van der Waals surface area (Å²) in [4.78, 5) is 12.5. The molecule has 0 fully saturated rings. The fourth-order valence-electron chi connectivity index (χ4n) is 1.95. The zero-order valence-electron chi connectivity index (χ0n) is 17.9. The molecule has 25 heavy (non-hydrogen) atoms. The minimum Gasteiger partial charge on any atom is -0.543 e. The molecule has 0 N–H and O–H groups in total. The van der Waals surface area contributed by atoms with Gasteiger partial charge in [-0.3, -0.25) is 0 Å². The third-order valence-corrected chi connectivity index (χ3v) is 15.8. The van der Waals surface area contributed by atoms with E-state index in [1.54, 1.807) is 0 Å². The van der Waals surface area contributed by atoms with E-state index in [0.717, 1.165) is 0 Å². The molecule has 0 aromatic rings. The van der Waals surface area contributed by atoms with Crippen molar-refractivity contribution >= 4 is 21.8 Å². The van der Waals surface area contributed by atoms with Gasteiger partial charge in [-0.05, 0) is 36.0 Å². The second-order valence-corrected chi connectivity index (χ2v) is 20.1. The van der Waals surface area contributed by atoms with Crippen LogP contribution in [0.25, 0.3) is 0 Å². The Hall–Kier alpha value is -0.496. The van der Waals surface area contributed by atoms with Crippen molar-refractivity contribution < 1.29 is 18.0 Å². The van der Waals surface area contributed by atoms with Gasteiger partial charge >= 0.3 is 6.08 Å². The molecule has 0 spiro atoms. The minimum atomic E-state index is -2.27. The van der Waals surface area contributed by atoms with Crippen LogP contribution in [-0.4, -0.2) is 21.8 Å². The van der Waals surface area contributed by atoms with Gasteiger partial charge in [0.15, 0.2) is 0 Å². The normalized spacial score (nSPS) is 13.6. The van der Waals surface area contributed by atoms with Crippen LogP contribution in [0.2, 0.25) is 36.3 Å². The van der Waals surface area contributed by atoms with Gasteiger partial charge in [0.1, 0.15) is 19.2 Å². The van der Waals surface area contributed by atoms with Crippen molar-refractivity contribution in [3.8, 4) is 0 Å².